The van der Waals surface area contributed by atoms with Gasteiger partial charge in [0.1, 0.15) is 0 Å². The molecule has 1 rings (SSSR count). The molecule has 0 atom stereocenters. The maximum Gasteiger partial charge on any atom is 0.300 e. The summed E-state index contributed by atoms with van der Waals surface area (Å²) < 4.78 is 24.4. The lowest BCUT2D eigenvalue weighted by Crippen LogP contribution is -2.17. The van der Waals surface area contributed by atoms with E-state index in [9.17, 15) is 13.6 Å². The van der Waals surface area contributed by atoms with Crippen molar-refractivity contribution in [3.05, 3.63) is 29.8 Å². The lowest BCUT2D eigenvalue weighted by atomic mass is 10.1. The smallest absolute Gasteiger partial charge is 0.300 e. The molecule has 0 fully saturated rings. The zero-order valence-electron chi connectivity index (χ0n) is 8.00. The Balaban J connectivity index is 3.13. The highest BCUT2D eigenvalue weighted by Gasteiger charge is 2.20. The highest BCUT2D eigenvalue weighted by molar-refractivity contribution is 6.03. The largest absolute Gasteiger partial charge is 0.377 e. The van der Waals surface area contributed by atoms with Crippen molar-refractivity contribution < 1.29 is 13.6 Å². The van der Waals surface area contributed by atoms with Crippen LogP contribution in [0.1, 0.15) is 10.4 Å². The molecule has 1 aromatic carbocycles. The van der Waals surface area contributed by atoms with Gasteiger partial charge in [-0.05, 0) is 12.1 Å². The number of rotatable bonds is 3. The molecule has 76 valence electrons. The van der Waals surface area contributed by atoms with Crippen LogP contribution in [0.2, 0.25) is 0 Å². The van der Waals surface area contributed by atoms with Gasteiger partial charge in [-0.2, -0.15) is 0 Å². The molecule has 4 heteroatoms. The normalized spacial score (nSPS) is 10.4. The van der Waals surface area contributed by atoms with Gasteiger partial charge >= 0.3 is 6.43 Å². The van der Waals surface area contributed by atoms with E-state index in [-0.39, 0.29) is 5.56 Å². The summed E-state index contributed by atoms with van der Waals surface area (Å²) >= 11 is 0. The number of anilines is 1. The molecule has 0 amide bonds. The van der Waals surface area contributed by atoms with Crippen LogP contribution in [-0.2, 0) is 0 Å². The van der Waals surface area contributed by atoms with Gasteiger partial charge in [-0.1, -0.05) is 12.1 Å². The second-order valence-corrected chi connectivity index (χ2v) is 3.08. The summed E-state index contributed by atoms with van der Waals surface area (Å²) in [4.78, 5) is 12.7. The maximum absolute atomic E-state index is 12.2. The summed E-state index contributed by atoms with van der Waals surface area (Å²) in [6.45, 7) is 0. The molecular formula is C10H11F2NO. The van der Waals surface area contributed by atoms with Crippen molar-refractivity contribution in [3.8, 4) is 0 Å². The molecule has 0 bridgehead atoms. The number of ketones is 1. The Bertz CT molecular complexity index is 337. The summed E-state index contributed by atoms with van der Waals surface area (Å²) in [7, 11) is 3.41. The van der Waals surface area contributed by atoms with Crippen LogP contribution in [0.25, 0.3) is 0 Å². The zero-order chi connectivity index (χ0) is 10.7. The molecule has 0 aliphatic rings. The molecule has 0 saturated heterocycles. The zero-order valence-corrected chi connectivity index (χ0v) is 8.00. The van der Waals surface area contributed by atoms with Crippen molar-refractivity contribution in [1.82, 2.24) is 0 Å². The average molecular weight is 199 g/mol. The molecule has 0 aliphatic heterocycles. The topological polar surface area (TPSA) is 20.3 Å². The number of carbonyl (C=O) groups is 1. The Morgan fingerprint density at radius 2 is 1.86 bits per heavy atom. The number of nitrogens with zero attached hydrogens (tertiary/aromatic N) is 1. The predicted octanol–water partition coefficient (Wildman–Crippen LogP) is 2.20. The number of alkyl halides is 2. The van der Waals surface area contributed by atoms with Gasteiger partial charge in [0.25, 0.3) is 0 Å². The number of carbonyl (C=O) groups excluding carboxylic acids is 1. The molecule has 14 heavy (non-hydrogen) atoms. The molecule has 0 saturated carbocycles. The summed E-state index contributed by atoms with van der Waals surface area (Å²) in [6.07, 6.45) is -2.95. The Morgan fingerprint density at radius 1 is 1.29 bits per heavy atom. The van der Waals surface area contributed by atoms with E-state index in [2.05, 4.69) is 0 Å². The predicted molar refractivity (Wildman–Crippen MR) is 51.1 cm³/mol. The van der Waals surface area contributed by atoms with Gasteiger partial charge in [0, 0.05) is 25.3 Å². The van der Waals surface area contributed by atoms with Crippen molar-refractivity contribution in [2.24, 2.45) is 0 Å². The SMILES string of the molecule is CN(C)c1ccccc1C(=O)C(F)F. The molecule has 2 nitrogen and oxygen atoms in total. The number of hydrogen-bond acceptors (Lipinski definition) is 2. The highest BCUT2D eigenvalue weighted by atomic mass is 19.3. The molecule has 0 radical (unpaired) electrons. The van der Waals surface area contributed by atoms with Gasteiger partial charge < -0.3 is 4.90 Å². The molecule has 0 N–H and O–H groups in total. The fraction of sp³-hybridized carbons (Fsp3) is 0.300. The van der Waals surface area contributed by atoms with Crippen LogP contribution in [0.15, 0.2) is 24.3 Å². The Kier molecular flexibility index (Phi) is 3.17. The third-order valence-corrected chi connectivity index (χ3v) is 1.85. The van der Waals surface area contributed by atoms with E-state index in [0.717, 1.165) is 0 Å². The average Bonchev–Trinajstić information content (AvgIpc) is 2.16. The first-order valence-electron chi connectivity index (χ1n) is 4.12. The van der Waals surface area contributed by atoms with E-state index >= 15 is 0 Å². The molecule has 0 aliphatic carbocycles. The molecule has 0 aromatic heterocycles. The van der Waals surface area contributed by atoms with E-state index in [1.165, 1.54) is 6.07 Å². The van der Waals surface area contributed by atoms with Gasteiger partial charge in [0.2, 0.25) is 5.78 Å². The number of benzene rings is 1. The van der Waals surface area contributed by atoms with E-state index in [1.807, 2.05) is 0 Å². The van der Waals surface area contributed by atoms with Crippen molar-refractivity contribution >= 4 is 11.5 Å². The van der Waals surface area contributed by atoms with E-state index < -0.39 is 12.2 Å². The first-order chi connectivity index (χ1) is 6.54. The molecule has 1 aromatic rings. The minimum Gasteiger partial charge on any atom is -0.377 e. The lowest BCUT2D eigenvalue weighted by Gasteiger charge is -2.16. The van der Waals surface area contributed by atoms with Crippen LogP contribution in [0.5, 0.6) is 0 Å². The van der Waals surface area contributed by atoms with Crippen LogP contribution in [-0.4, -0.2) is 26.3 Å². The van der Waals surface area contributed by atoms with E-state index in [1.54, 1.807) is 37.2 Å². The number of para-hydroxylation sites is 1. The van der Waals surface area contributed by atoms with Crippen molar-refractivity contribution in [2.45, 2.75) is 6.43 Å². The van der Waals surface area contributed by atoms with Crippen molar-refractivity contribution in [2.75, 3.05) is 19.0 Å². The number of hydrogen-bond donors (Lipinski definition) is 0. The summed E-state index contributed by atoms with van der Waals surface area (Å²) in [5, 5.41) is 0. The second kappa shape index (κ2) is 4.17. The van der Waals surface area contributed by atoms with Crippen LogP contribution < -0.4 is 4.90 Å². The fourth-order valence-corrected chi connectivity index (χ4v) is 1.19. The van der Waals surface area contributed by atoms with Crippen LogP contribution in [0, 0.1) is 0 Å². The summed E-state index contributed by atoms with van der Waals surface area (Å²) in [5.74, 6) is -1.13. The summed E-state index contributed by atoms with van der Waals surface area (Å²) in [5.41, 5.74) is 0.574. The number of Topliss-reactive ketones (excluding diaryl/α,β-unsaturated/α-hetero) is 1. The Morgan fingerprint density at radius 3 is 2.36 bits per heavy atom. The summed E-state index contributed by atoms with van der Waals surface area (Å²) in [6, 6.07) is 6.32. The van der Waals surface area contributed by atoms with Gasteiger partial charge in [-0.25, -0.2) is 8.78 Å². The Labute approximate surface area is 81.1 Å². The van der Waals surface area contributed by atoms with E-state index in [4.69, 9.17) is 0 Å². The minimum atomic E-state index is -2.95. The molecular weight excluding hydrogens is 188 g/mol. The first-order valence-corrected chi connectivity index (χ1v) is 4.12. The lowest BCUT2D eigenvalue weighted by molar-refractivity contribution is 0.0679. The van der Waals surface area contributed by atoms with E-state index in [0.29, 0.717) is 5.69 Å². The van der Waals surface area contributed by atoms with Gasteiger partial charge in [0.05, 0.1) is 0 Å². The first kappa shape index (κ1) is 10.6. The third kappa shape index (κ3) is 2.07. The quantitative estimate of drug-likeness (QED) is 0.695. The standard InChI is InChI=1S/C10H11F2NO/c1-13(2)8-6-4-3-5-7(8)9(14)10(11)12/h3-6,10H,1-2H3. The van der Waals surface area contributed by atoms with Gasteiger partial charge in [-0.15, -0.1) is 0 Å². The number of halogens is 2. The third-order valence-electron chi connectivity index (χ3n) is 1.85. The van der Waals surface area contributed by atoms with Gasteiger partial charge in [-0.3, -0.25) is 4.79 Å². The van der Waals surface area contributed by atoms with Crippen LogP contribution in [0.4, 0.5) is 14.5 Å². The monoisotopic (exact) mass is 199 g/mol. The molecule has 0 heterocycles. The maximum atomic E-state index is 12.2. The van der Waals surface area contributed by atoms with Crippen molar-refractivity contribution in [1.29, 1.82) is 0 Å². The second-order valence-electron chi connectivity index (χ2n) is 3.08. The Hall–Kier alpha value is -1.45. The van der Waals surface area contributed by atoms with Crippen LogP contribution in [0.3, 0.4) is 0 Å². The fourth-order valence-electron chi connectivity index (χ4n) is 1.19. The minimum absolute atomic E-state index is 0.0625. The van der Waals surface area contributed by atoms with Gasteiger partial charge in [0.15, 0.2) is 0 Å². The molecule has 0 spiro atoms. The highest BCUT2D eigenvalue weighted by Crippen LogP contribution is 2.20. The van der Waals surface area contributed by atoms with Crippen LogP contribution >= 0.6 is 0 Å². The van der Waals surface area contributed by atoms with Crippen molar-refractivity contribution in [3.63, 3.8) is 0 Å². The molecule has 0 unspecified atom stereocenters.